The summed E-state index contributed by atoms with van der Waals surface area (Å²) >= 11 is 1.54. The van der Waals surface area contributed by atoms with E-state index in [1.165, 1.54) is 6.07 Å². The number of fused-ring (bicyclic) bond motifs is 1. The van der Waals surface area contributed by atoms with E-state index in [0.717, 1.165) is 21.4 Å². The zero-order valence-electron chi connectivity index (χ0n) is 9.60. The summed E-state index contributed by atoms with van der Waals surface area (Å²) in [5.74, 6) is 0.652. The minimum Gasteiger partial charge on any atom is -0.489 e. The lowest BCUT2D eigenvalue weighted by Gasteiger charge is -2.04. The Balaban J connectivity index is 1.83. The van der Waals surface area contributed by atoms with Crippen molar-refractivity contribution < 1.29 is 9.13 Å². The molecular weight excluding hydrogens is 247 g/mol. The molecule has 0 aliphatic rings. The molecule has 0 fully saturated rings. The molecule has 3 heteroatoms. The van der Waals surface area contributed by atoms with Crippen LogP contribution in [0, 0.1) is 5.82 Å². The number of rotatable bonds is 3. The normalized spacial score (nSPS) is 10.7. The summed E-state index contributed by atoms with van der Waals surface area (Å²) in [6, 6.07) is 14.5. The second kappa shape index (κ2) is 4.78. The topological polar surface area (TPSA) is 9.23 Å². The molecule has 0 N–H and O–H groups in total. The van der Waals surface area contributed by atoms with Gasteiger partial charge in [0.25, 0.3) is 0 Å². The average molecular weight is 258 g/mol. The lowest BCUT2D eigenvalue weighted by molar-refractivity contribution is 0.308. The maximum Gasteiger partial charge on any atom is 0.124 e. The first-order valence-electron chi connectivity index (χ1n) is 5.66. The van der Waals surface area contributed by atoms with Crippen LogP contribution in [0.1, 0.15) is 5.56 Å². The maximum atomic E-state index is 13.1. The van der Waals surface area contributed by atoms with Crippen molar-refractivity contribution in [1.82, 2.24) is 0 Å². The van der Waals surface area contributed by atoms with Gasteiger partial charge < -0.3 is 4.74 Å². The molecule has 90 valence electrons. The quantitative estimate of drug-likeness (QED) is 0.666. The van der Waals surface area contributed by atoms with Crippen molar-refractivity contribution in [3.63, 3.8) is 0 Å². The van der Waals surface area contributed by atoms with Gasteiger partial charge >= 0.3 is 0 Å². The number of ether oxygens (including phenoxy) is 1. The smallest absolute Gasteiger partial charge is 0.124 e. The van der Waals surface area contributed by atoms with Gasteiger partial charge in [0.1, 0.15) is 18.2 Å². The highest BCUT2D eigenvalue weighted by molar-refractivity contribution is 7.17. The summed E-state index contributed by atoms with van der Waals surface area (Å²) in [6.45, 7) is 0.510. The second-order valence-electron chi connectivity index (χ2n) is 4.00. The summed E-state index contributed by atoms with van der Waals surface area (Å²) in [5.41, 5.74) is 1.10. The van der Waals surface area contributed by atoms with Gasteiger partial charge in [-0.25, -0.2) is 4.39 Å². The van der Waals surface area contributed by atoms with Crippen LogP contribution >= 0.6 is 11.3 Å². The molecule has 1 nitrogen and oxygen atoms in total. The zero-order chi connectivity index (χ0) is 12.4. The molecule has 18 heavy (non-hydrogen) atoms. The number of hydrogen-bond acceptors (Lipinski definition) is 2. The summed E-state index contributed by atoms with van der Waals surface area (Å²) in [4.78, 5) is 0. The van der Waals surface area contributed by atoms with Crippen LogP contribution in [0.2, 0.25) is 0 Å². The van der Waals surface area contributed by atoms with Gasteiger partial charge in [-0.15, -0.1) is 11.3 Å². The van der Waals surface area contributed by atoms with Crippen LogP contribution in [0.4, 0.5) is 4.39 Å². The van der Waals surface area contributed by atoms with Crippen molar-refractivity contribution >= 4 is 21.4 Å². The van der Waals surface area contributed by atoms with E-state index in [1.807, 2.05) is 41.8 Å². The SMILES string of the molecule is Fc1ccc2c(COc3ccccc3)csc2c1. The highest BCUT2D eigenvalue weighted by atomic mass is 32.1. The number of halogens is 1. The summed E-state index contributed by atoms with van der Waals surface area (Å²) in [7, 11) is 0. The molecule has 0 unspecified atom stereocenters. The zero-order valence-corrected chi connectivity index (χ0v) is 10.4. The largest absolute Gasteiger partial charge is 0.489 e. The van der Waals surface area contributed by atoms with Crippen LogP contribution in [0.15, 0.2) is 53.9 Å². The van der Waals surface area contributed by atoms with Crippen LogP contribution in [0.5, 0.6) is 5.75 Å². The summed E-state index contributed by atoms with van der Waals surface area (Å²) in [6.07, 6.45) is 0. The summed E-state index contributed by atoms with van der Waals surface area (Å²) < 4.78 is 19.7. The van der Waals surface area contributed by atoms with E-state index in [0.29, 0.717) is 6.61 Å². The fourth-order valence-electron chi connectivity index (χ4n) is 1.85. The fraction of sp³-hybridized carbons (Fsp3) is 0.0667. The Morgan fingerprint density at radius 3 is 2.72 bits per heavy atom. The van der Waals surface area contributed by atoms with Crippen molar-refractivity contribution in [2.45, 2.75) is 6.61 Å². The Morgan fingerprint density at radius 1 is 1.06 bits per heavy atom. The molecule has 3 rings (SSSR count). The van der Waals surface area contributed by atoms with Crippen molar-refractivity contribution in [3.8, 4) is 5.75 Å². The Labute approximate surface area is 108 Å². The van der Waals surface area contributed by atoms with Gasteiger partial charge in [0.05, 0.1) is 0 Å². The van der Waals surface area contributed by atoms with Gasteiger partial charge in [-0.1, -0.05) is 24.3 Å². The lowest BCUT2D eigenvalue weighted by atomic mass is 10.2. The Bertz CT molecular complexity index is 661. The molecule has 1 heterocycles. The predicted octanol–water partition coefficient (Wildman–Crippen LogP) is 4.62. The Morgan fingerprint density at radius 2 is 1.89 bits per heavy atom. The van der Waals surface area contributed by atoms with E-state index in [2.05, 4.69) is 0 Å². The highest BCUT2D eigenvalue weighted by Crippen LogP contribution is 2.27. The van der Waals surface area contributed by atoms with E-state index < -0.39 is 0 Å². The Hall–Kier alpha value is -1.87. The van der Waals surface area contributed by atoms with E-state index in [-0.39, 0.29) is 5.82 Å². The molecule has 0 bridgehead atoms. The van der Waals surface area contributed by atoms with E-state index in [4.69, 9.17) is 4.74 Å². The second-order valence-corrected chi connectivity index (χ2v) is 4.91. The molecule has 0 saturated heterocycles. The van der Waals surface area contributed by atoms with Gasteiger partial charge in [0, 0.05) is 10.3 Å². The van der Waals surface area contributed by atoms with Crippen molar-refractivity contribution in [2.75, 3.05) is 0 Å². The minimum absolute atomic E-state index is 0.195. The van der Waals surface area contributed by atoms with Crippen LogP contribution in [-0.4, -0.2) is 0 Å². The fourth-order valence-corrected chi connectivity index (χ4v) is 2.82. The first kappa shape index (κ1) is 11.2. The third-order valence-corrected chi connectivity index (χ3v) is 3.75. The first-order chi connectivity index (χ1) is 8.83. The Kier molecular flexibility index (Phi) is 2.99. The van der Waals surface area contributed by atoms with Crippen LogP contribution in [0.3, 0.4) is 0 Å². The molecule has 0 radical (unpaired) electrons. The van der Waals surface area contributed by atoms with E-state index in [1.54, 1.807) is 17.4 Å². The third-order valence-electron chi connectivity index (χ3n) is 2.76. The van der Waals surface area contributed by atoms with Gasteiger partial charge in [-0.3, -0.25) is 0 Å². The molecule has 0 aliphatic carbocycles. The van der Waals surface area contributed by atoms with Crippen molar-refractivity contribution in [1.29, 1.82) is 0 Å². The van der Waals surface area contributed by atoms with E-state index >= 15 is 0 Å². The molecular formula is C15H11FOS. The first-order valence-corrected chi connectivity index (χ1v) is 6.54. The van der Waals surface area contributed by atoms with Gasteiger partial charge in [0.15, 0.2) is 0 Å². The molecule has 3 aromatic rings. The highest BCUT2D eigenvalue weighted by Gasteiger charge is 2.05. The van der Waals surface area contributed by atoms with Crippen LogP contribution in [-0.2, 0) is 6.61 Å². The molecule has 0 amide bonds. The number of hydrogen-bond donors (Lipinski definition) is 0. The molecule has 0 spiro atoms. The van der Waals surface area contributed by atoms with Crippen LogP contribution in [0.25, 0.3) is 10.1 Å². The standard InChI is InChI=1S/C15H11FOS/c16-12-6-7-14-11(10-18-15(14)8-12)9-17-13-4-2-1-3-5-13/h1-8,10H,9H2. The van der Waals surface area contributed by atoms with Crippen LogP contribution < -0.4 is 4.74 Å². The van der Waals surface area contributed by atoms with Crippen molar-refractivity contribution in [3.05, 3.63) is 65.3 Å². The number of thiophene rings is 1. The van der Waals surface area contributed by atoms with E-state index in [9.17, 15) is 4.39 Å². The summed E-state index contributed by atoms with van der Waals surface area (Å²) in [5, 5.41) is 3.09. The van der Waals surface area contributed by atoms with Gasteiger partial charge in [-0.05, 0) is 35.0 Å². The van der Waals surface area contributed by atoms with Gasteiger partial charge in [-0.2, -0.15) is 0 Å². The number of benzene rings is 2. The third kappa shape index (κ3) is 2.22. The maximum absolute atomic E-state index is 13.1. The molecule has 1 aromatic heterocycles. The molecule has 0 aliphatic heterocycles. The predicted molar refractivity (Wildman–Crippen MR) is 72.6 cm³/mol. The van der Waals surface area contributed by atoms with Gasteiger partial charge in [0.2, 0.25) is 0 Å². The molecule has 2 aromatic carbocycles. The van der Waals surface area contributed by atoms with Crippen molar-refractivity contribution in [2.24, 2.45) is 0 Å². The monoisotopic (exact) mass is 258 g/mol. The molecule has 0 saturated carbocycles. The minimum atomic E-state index is -0.195. The number of para-hydroxylation sites is 1. The average Bonchev–Trinajstić information content (AvgIpc) is 2.80. The molecule has 0 atom stereocenters. The lowest BCUT2D eigenvalue weighted by Crippen LogP contribution is -1.93.